The second kappa shape index (κ2) is 5.51. The van der Waals surface area contributed by atoms with Crippen LogP contribution in [0, 0.1) is 5.92 Å². The van der Waals surface area contributed by atoms with E-state index in [-0.39, 0.29) is 6.10 Å². The third-order valence-corrected chi connectivity index (χ3v) is 2.45. The van der Waals surface area contributed by atoms with Crippen LogP contribution in [0.5, 0.6) is 0 Å². The summed E-state index contributed by atoms with van der Waals surface area (Å²) in [6.07, 6.45) is -0.275. The second-order valence-electron chi connectivity index (χ2n) is 3.63. The summed E-state index contributed by atoms with van der Waals surface area (Å²) in [5, 5.41) is 8.77. The molecule has 0 aliphatic heterocycles. The zero-order valence-corrected chi connectivity index (χ0v) is 9.01. The summed E-state index contributed by atoms with van der Waals surface area (Å²) in [5.74, 6) is -1.30. The van der Waals surface area contributed by atoms with Gasteiger partial charge in [0.2, 0.25) is 0 Å². The molecule has 0 amide bonds. The summed E-state index contributed by atoms with van der Waals surface area (Å²) in [5.41, 5.74) is 1.06. The van der Waals surface area contributed by atoms with Crippen LogP contribution in [0.25, 0.3) is 0 Å². The number of carboxylic acids is 1. The minimum absolute atomic E-state index is 0.275. The minimum atomic E-state index is -0.824. The van der Waals surface area contributed by atoms with Gasteiger partial charge < -0.3 is 9.84 Å². The molecule has 0 saturated carbocycles. The Morgan fingerprint density at radius 3 is 2.47 bits per heavy atom. The lowest BCUT2D eigenvalue weighted by molar-refractivity contribution is -0.146. The molecule has 0 radical (unpaired) electrons. The first-order valence-corrected chi connectivity index (χ1v) is 4.99. The molecule has 2 atom stereocenters. The number of carbonyl (C=O) groups is 1. The zero-order chi connectivity index (χ0) is 11.3. The maximum Gasteiger partial charge on any atom is 0.308 e. The lowest BCUT2D eigenvalue weighted by atomic mass is 10.1. The maximum absolute atomic E-state index is 10.7. The molecule has 0 aromatic heterocycles. The van der Waals surface area contributed by atoms with Gasteiger partial charge in [0, 0.05) is 0 Å². The van der Waals surface area contributed by atoms with Crippen LogP contribution in [-0.2, 0) is 16.1 Å². The van der Waals surface area contributed by atoms with E-state index in [0.29, 0.717) is 6.61 Å². The summed E-state index contributed by atoms with van der Waals surface area (Å²) >= 11 is 0. The Kier molecular flexibility index (Phi) is 4.31. The van der Waals surface area contributed by atoms with Gasteiger partial charge in [0.1, 0.15) is 0 Å². The largest absolute Gasteiger partial charge is 0.481 e. The first kappa shape index (κ1) is 11.7. The van der Waals surface area contributed by atoms with Gasteiger partial charge in [-0.3, -0.25) is 4.79 Å². The standard InChI is InChI=1S/C12H16O3/c1-9(12(13)14)10(2)15-8-11-6-4-3-5-7-11/h3-7,9-10H,8H2,1-2H3,(H,13,14)/t9-,10?/m1/s1. The molecule has 0 bridgehead atoms. The van der Waals surface area contributed by atoms with Crippen LogP contribution in [0.15, 0.2) is 30.3 Å². The summed E-state index contributed by atoms with van der Waals surface area (Å²) in [4.78, 5) is 10.7. The van der Waals surface area contributed by atoms with Crippen molar-refractivity contribution < 1.29 is 14.6 Å². The van der Waals surface area contributed by atoms with Crippen molar-refractivity contribution in [3.05, 3.63) is 35.9 Å². The highest BCUT2D eigenvalue weighted by atomic mass is 16.5. The van der Waals surface area contributed by atoms with Gasteiger partial charge in [-0.1, -0.05) is 30.3 Å². The topological polar surface area (TPSA) is 46.5 Å². The van der Waals surface area contributed by atoms with Gasteiger partial charge in [-0.2, -0.15) is 0 Å². The molecule has 0 aliphatic rings. The average molecular weight is 208 g/mol. The van der Waals surface area contributed by atoms with Gasteiger partial charge in [-0.15, -0.1) is 0 Å². The molecule has 3 heteroatoms. The van der Waals surface area contributed by atoms with E-state index in [0.717, 1.165) is 5.56 Å². The highest BCUT2D eigenvalue weighted by Crippen LogP contribution is 2.10. The Morgan fingerprint density at radius 2 is 1.93 bits per heavy atom. The van der Waals surface area contributed by atoms with Crippen molar-refractivity contribution >= 4 is 5.97 Å². The van der Waals surface area contributed by atoms with Crippen molar-refractivity contribution in [2.45, 2.75) is 26.6 Å². The van der Waals surface area contributed by atoms with E-state index in [1.807, 2.05) is 30.3 Å². The first-order valence-electron chi connectivity index (χ1n) is 4.99. The summed E-state index contributed by atoms with van der Waals surface area (Å²) in [6.45, 7) is 3.89. The number of benzene rings is 1. The molecule has 1 N–H and O–H groups in total. The maximum atomic E-state index is 10.7. The van der Waals surface area contributed by atoms with Crippen molar-refractivity contribution in [2.24, 2.45) is 5.92 Å². The Hall–Kier alpha value is -1.35. The summed E-state index contributed by atoms with van der Waals surface area (Å²) in [7, 11) is 0. The number of hydrogen-bond donors (Lipinski definition) is 1. The van der Waals surface area contributed by atoms with Crippen molar-refractivity contribution in [1.82, 2.24) is 0 Å². The number of aliphatic carboxylic acids is 1. The number of carboxylic acid groups (broad SMARTS) is 1. The molecule has 15 heavy (non-hydrogen) atoms. The van der Waals surface area contributed by atoms with Gasteiger partial charge >= 0.3 is 5.97 Å². The lowest BCUT2D eigenvalue weighted by Crippen LogP contribution is -2.25. The van der Waals surface area contributed by atoms with Gasteiger partial charge in [0.25, 0.3) is 0 Å². The molecular weight excluding hydrogens is 192 g/mol. The van der Waals surface area contributed by atoms with E-state index in [1.54, 1.807) is 13.8 Å². The van der Waals surface area contributed by atoms with Gasteiger partial charge in [-0.05, 0) is 19.4 Å². The molecule has 82 valence electrons. The fraction of sp³-hybridized carbons (Fsp3) is 0.417. The molecule has 1 aromatic rings. The van der Waals surface area contributed by atoms with Crippen molar-refractivity contribution in [2.75, 3.05) is 0 Å². The smallest absolute Gasteiger partial charge is 0.308 e. The molecule has 0 heterocycles. The predicted molar refractivity (Wildman–Crippen MR) is 57.5 cm³/mol. The molecule has 0 saturated heterocycles. The van der Waals surface area contributed by atoms with Crippen LogP contribution in [0.4, 0.5) is 0 Å². The van der Waals surface area contributed by atoms with E-state index < -0.39 is 11.9 Å². The van der Waals surface area contributed by atoms with E-state index >= 15 is 0 Å². The quantitative estimate of drug-likeness (QED) is 0.807. The van der Waals surface area contributed by atoms with E-state index in [2.05, 4.69) is 0 Å². The highest BCUT2D eigenvalue weighted by Gasteiger charge is 2.19. The van der Waals surface area contributed by atoms with Crippen molar-refractivity contribution in [1.29, 1.82) is 0 Å². The van der Waals surface area contributed by atoms with Crippen LogP contribution in [0.1, 0.15) is 19.4 Å². The molecule has 1 rings (SSSR count). The van der Waals surface area contributed by atoms with E-state index in [1.165, 1.54) is 0 Å². The Bertz CT molecular complexity index is 308. The molecule has 0 aliphatic carbocycles. The fourth-order valence-corrected chi connectivity index (χ4v) is 1.15. The second-order valence-corrected chi connectivity index (χ2v) is 3.63. The SMILES string of the molecule is CC(OCc1ccccc1)[C@@H](C)C(=O)O. The fourth-order valence-electron chi connectivity index (χ4n) is 1.15. The lowest BCUT2D eigenvalue weighted by Gasteiger charge is -2.16. The molecule has 1 unspecified atom stereocenters. The third-order valence-electron chi connectivity index (χ3n) is 2.45. The Morgan fingerprint density at radius 1 is 1.33 bits per heavy atom. The molecule has 0 fully saturated rings. The van der Waals surface area contributed by atoms with Crippen LogP contribution < -0.4 is 0 Å². The highest BCUT2D eigenvalue weighted by molar-refractivity contribution is 5.70. The molecule has 3 nitrogen and oxygen atoms in total. The normalized spacial score (nSPS) is 14.5. The molecule has 1 aromatic carbocycles. The van der Waals surface area contributed by atoms with E-state index in [4.69, 9.17) is 9.84 Å². The van der Waals surface area contributed by atoms with Gasteiger partial charge in [0.05, 0.1) is 18.6 Å². The minimum Gasteiger partial charge on any atom is -0.481 e. The molecule has 0 spiro atoms. The van der Waals surface area contributed by atoms with Crippen molar-refractivity contribution in [3.63, 3.8) is 0 Å². The van der Waals surface area contributed by atoms with E-state index in [9.17, 15) is 4.79 Å². The first-order chi connectivity index (χ1) is 7.11. The third kappa shape index (κ3) is 3.72. The van der Waals surface area contributed by atoms with Crippen molar-refractivity contribution in [3.8, 4) is 0 Å². The zero-order valence-electron chi connectivity index (χ0n) is 9.01. The number of hydrogen-bond acceptors (Lipinski definition) is 2. The summed E-state index contributed by atoms with van der Waals surface area (Å²) in [6, 6.07) is 9.72. The van der Waals surface area contributed by atoms with Crippen LogP contribution in [0.3, 0.4) is 0 Å². The number of rotatable bonds is 5. The number of ether oxygens (including phenoxy) is 1. The average Bonchev–Trinajstić information content (AvgIpc) is 2.26. The van der Waals surface area contributed by atoms with Crippen LogP contribution in [0.2, 0.25) is 0 Å². The summed E-state index contributed by atoms with van der Waals surface area (Å²) < 4.78 is 5.47. The Balaban J connectivity index is 2.41. The van der Waals surface area contributed by atoms with Crippen LogP contribution >= 0.6 is 0 Å². The monoisotopic (exact) mass is 208 g/mol. The molecular formula is C12H16O3. The predicted octanol–water partition coefficient (Wildman–Crippen LogP) is 2.31. The Labute approximate surface area is 89.7 Å². The van der Waals surface area contributed by atoms with Gasteiger partial charge in [0.15, 0.2) is 0 Å². The van der Waals surface area contributed by atoms with Crippen LogP contribution in [-0.4, -0.2) is 17.2 Å². The van der Waals surface area contributed by atoms with Gasteiger partial charge in [-0.25, -0.2) is 0 Å².